The van der Waals surface area contributed by atoms with Gasteiger partial charge >= 0.3 is 0 Å². The zero-order valence-corrected chi connectivity index (χ0v) is 12.2. The van der Waals surface area contributed by atoms with Crippen LogP contribution in [-0.4, -0.2) is 12.5 Å². The first kappa shape index (κ1) is 13.5. The van der Waals surface area contributed by atoms with E-state index in [-0.39, 0.29) is 17.7 Å². The summed E-state index contributed by atoms with van der Waals surface area (Å²) in [5, 5.41) is 4.26. The maximum atomic E-state index is 12.2. The molecular weight excluding hydrogens is 293 g/mol. The van der Waals surface area contributed by atoms with Gasteiger partial charge in [-0.05, 0) is 29.3 Å². The standard InChI is InChI=1S/C16H13Cl2NO/c17-11-7-5-10(6-8-11)13-9-19-16(20)15(13)12-3-1-2-4-14(12)18/h1-8,13,15H,9H2,(H,19,20)/t13-,15-/m0/s1. The minimum Gasteiger partial charge on any atom is -0.355 e. The van der Waals surface area contributed by atoms with Gasteiger partial charge in [-0.3, -0.25) is 4.79 Å². The van der Waals surface area contributed by atoms with Gasteiger partial charge in [0.25, 0.3) is 0 Å². The molecule has 2 atom stereocenters. The van der Waals surface area contributed by atoms with Crippen LogP contribution in [0.2, 0.25) is 10.0 Å². The van der Waals surface area contributed by atoms with Gasteiger partial charge in [-0.15, -0.1) is 0 Å². The highest BCUT2D eigenvalue weighted by atomic mass is 35.5. The highest BCUT2D eigenvalue weighted by molar-refractivity contribution is 6.31. The topological polar surface area (TPSA) is 29.1 Å². The lowest BCUT2D eigenvalue weighted by Gasteiger charge is -2.18. The number of benzene rings is 2. The fourth-order valence-corrected chi connectivity index (χ4v) is 3.11. The second kappa shape index (κ2) is 5.47. The second-order valence-corrected chi connectivity index (χ2v) is 5.75. The van der Waals surface area contributed by atoms with Crippen molar-refractivity contribution in [1.82, 2.24) is 5.32 Å². The molecule has 1 saturated heterocycles. The predicted molar refractivity (Wildman–Crippen MR) is 81.4 cm³/mol. The fraction of sp³-hybridized carbons (Fsp3) is 0.188. The van der Waals surface area contributed by atoms with Gasteiger partial charge in [-0.25, -0.2) is 0 Å². The molecule has 0 spiro atoms. The van der Waals surface area contributed by atoms with E-state index >= 15 is 0 Å². The van der Waals surface area contributed by atoms with E-state index in [1.165, 1.54) is 0 Å². The van der Waals surface area contributed by atoms with Crippen molar-refractivity contribution in [2.75, 3.05) is 6.54 Å². The molecule has 1 aliphatic heterocycles. The third-order valence-corrected chi connectivity index (χ3v) is 4.32. The van der Waals surface area contributed by atoms with E-state index in [1.807, 2.05) is 48.5 Å². The summed E-state index contributed by atoms with van der Waals surface area (Å²) in [7, 11) is 0. The fourth-order valence-electron chi connectivity index (χ4n) is 2.73. The Morgan fingerprint density at radius 3 is 2.40 bits per heavy atom. The molecule has 1 heterocycles. The molecule has 3 rings (SSSR count). The molecule has 4 heteroatoms. The number of hydrogen-bond donors (Lipinski definition) is 1. The summed E-state index contributed by atoms with van der Waals surface area (Å²) in [6.45, 7) is 0.621. The molecule has 2 aromatic carbocycles. The maximum Gasteiger partial charge on any atom is 0.228 e. The van der Waals surface area contributed by atoms with Gasteiger partial charge in [0, 0.05) is 22.5 Å². The van der Waals surface area contributed by atoms with Crippen molar-refractivity contribution in [2.45, 2.75) is 11.8 Å². The lowest BCUT2D eigenvalue weighted by molar-refractivity contribution is -0.120. The molecule has 0 bridgehead atoms. The van der Waals surface area contributed by atoms with Crippen molar-refractivity contribution in [3.8, 4) is 0 Å². The molecular formula is C16H13Cl2NO. The quantitative estimate of drug-likeness (QED) is 0.893. The molecule has 0 radical (unpaired) electrons. The van der Waals surface area contributed by atoms with Crippen LogP contribution in [0.25, 0.3) is 0 Å². The van der Waals surface area contributed by atoms with Gasteiger partial charge in [0.05, 0.1) is 5.92 Å². The van der Waals surface area contributed by atoms with E-state index < -0.39 is 0 Å². The van der Waals surface area contributed by atoms with Crippen molar-refractivity contribution in [1.29, 1.82) is 0 Å². The van der Waals surface area contributed by atoms with E-state index in [2.05, 4.69) is 5.32 Å². The molecule has 1 aliphatic rings. The van der Waals surface area contributed by atoms with Crippen LogP contribution in [0.3, 0.4) is 0 Å². The Bertz CT molecular complexity index is 639. The number of halogens is 2. The summed E-state index contributed by atoms with van der Waals surface area (Å²) in [6, 6.07) is 15.2. The van der Waals surface area contributed by atoms with Gasteiger partial charge in [0.15, 0.2) is 0 Å². The number of nitrogens with one attached hydrogen (secondary N) is 1. The third kappa shape index (κ3) is 2.41. The van der Waals surface area contributed by atoms with E-state index in [0.717, 1.165) is 11.1 Å². The zero-order valence-electron chi connectivity index (χ0n) is 10.6. The van der Waals surface area contributed by atoms with Crippen molar-refractivity contribution >= 4 is 29.1 Å². The van der Waals surface area contributed by atoms with Crippen molar-refractivity contribution in [3.05, 3.63) is 69.7 Å². The first-order valence-corrected chi connectivity index (χ1v) is 7.20. The van der Waals surface area contributed by atoms with E-state index in [9.17, 15) is 4.79 Å². The molecule has 0 unspecified atom stereocenters. The second-order valence-electron chi connectivity index (χ2n) is 4.90. The summed E-state index contributed by atoms with van der Waals surface area (Å²) >= 11 is 12.2. The van der Waals surface area contributed by atoms with Gasteiger partial charge in [0.2, 0.25) is 5.91 Å². The maximum absolute atomic E-state index is 12.2. The van der Waals surface area contributed by atoms with E-state index in [1.54, 1.807) is 0 Å². The van der Waals surface area contributed by atoms with Gasteiger partial charge < -0.3 is 5.32 Å². The molecule has 2 aromatic rings. The van der Waals surface area contributed by atoms with Crippen LogP contribution in [0.15, 0.2) is 48.5 Å². The first-order chi connectivity index (χ1) is 9.66. The van der Waals surface area contributed by atoms with Gasteiger partial charge in [0.1, 0.15) is 0 Å². The van der Waals surface area contributed by atoms with E-state index in [4.69, 9.17) is 23.2 Å². The molecule has 0 aromatic heterocycles. The first-order valence-electron chi connectivity index (χ1n) is 6.44. The molecule has 1 amide bonds. The molecule has 1 N–H and O–H groups in total. The highest BCUT2D eigenvalue weighted by Gasteiger charge is 2.37. The molecule has 20 heavy (non-hydrogen) atoms. The van der Waals surface area contributed by atoms with Crippen LogP contribution in [0, 0.1) is 0 Å². The predicted octanol–water partition coefficient (Wildman–Crippen LogP) is 3.99. The number of hydrogen-bond acceptors (Lipinski definition) is 1. The Balaban J connectivity index is 2.01. The van der Waals surface area contributed by atoms with Crippen LogP contribution in [0.5, 0.6) is 0 Å². The van der Waals surface area contributed by atoms with Crippen LogP contribution in [0.1, 0.15) is 23.0 Å². The zero-order chi connectivity index (χ0) is 14.1. The van der Waals surface area contributed by atoms with E-state index in [0.29, 0.717) is 16.6 Å². The highest BCUT2D eigenvalue weighted by Crippen LogP contribution is 2.39. The third-order valence-electron chi connectivity index (χ3n) is 3.72. The number of carbonyl (C=O) groups is 1. The average Bonchev–Trinajstić information content (AvgIpc) is 2.82. The van der Waals surface area contributed by atoms with Crippen LogP contribution >= 0.6 is 23.2 Å². The Labute approximate surface area is 127 Å². The monoisotopic (exact) mass is 305 g/mol. The van der Waals surface area contributed by atoms with Crippen molar-refractivity contribution in [3.63, 3.8) is 0 Å². The minimum absolute atomic E-state index is 0.0260. The number of amides is 1. The molecule has 2 nitrogen and oxygen atoms in total. The van der Waals surface area contributed by atoms with Crippen LogP contribution in [-0.2, 0) is 4.79 Å². The summed E-state index contributed by atoms with van der Waals surface area (Å²) in [4.78, 5) is 12.2. The summed E-state index contributed by atoms with van der Waals surface area (Å²) in [6.07, 6.45) is 0. The normalized spacial score (nSPS) is 21.8. The van der Waals surface area contributed by atoms with Gasteiger partial charge in [-0.1, -0.05) is 53.5 Å². The number of carbonyl (C=O) groups excluding carboxylic acids is 1. The minimum atomic E-state index is -0.245. The Kier molecular flexibility index (Phi) is 3.68. The molecule has 0 saturated carbocycles. The van der Waals surface area contributed by atoms with Gasteiger partial charge in [-0.2, -0.15) is 0 Å². The summed E-state index contributed by atoms with van der Waals surface area (Å²) in [5.74, 6) is -0.136. The summed E-state index contributed by atoms with van der Waals surface area (Å²) in [5.41, 5.74) is 1.97. The SMILES string of the molecule is O=C1NC[C@@H](c2ccc(Cl)cc2)[C@@H]1c1ccccc1Cl. The lowest BCUT2D eigenvalue weighted by atomic mass is 9.84. The largest absolute Gasteiger partial charge is 0.355 e. The van der Waals surface area contributed by atoms with Crippen LogP contribution in [0.4, 0.5) is 0 Å². The molecule has 0 aliphatic carbocycles. The summed E-state index contributed by atoms with van der Waals surface area (Å²) < 4.78 is 0. The Morgan fingerprint density at radius 2 is 1.70 bits per heavy atom. The molecule has 102 valence electrons. The Morgan fingerprint density at radius 1 is 1.00 bits per heavy atom. The Hall–Kier alpha value is -1.51. The molecule has 1 fully saturated rings. The van der Waals surface area contributed by atoms with Crippen molar-refractivity contribution < 1.29 is 4.79 Å². The average molecular weight is 306 g/mol. The van der Waals surface area contributed by atoms with Crippen molar-refractivity contribution in [2.24, 2.45) is 0 Å². The number of rotatable bonds is 2. The lowest BCUT2D eigenvalue weighted by Crippen LogP contribution is -2.18. The smallest absolute Gasteiger partial charge is 0.228 e. The van der Waals surface area contributed by atoms with Crippen LogP contribution < -0.4 is 5.32 Å².